The van der Waals surface area contributed by atoms with Gasteiger partial charge in [0, 0.05) is 21.4 Å². The summed E-state index contributed by atoms with van der Waals surface area (Å²) in [5.74, 6) is 0.922. The molecule has 1 aromatic heterocycles. The van der Waals surface area contributed by atoms with Gasteiger partial charge in [-0.15, -0.1) is 0 Å². The van der Waals surface area contributed by atoms with Crippen LogP contribution in [0.25, 0.3) is 10.9 Å². The molecule has 15 heavy (non-hydrogen) atoms. The van der Waals surface area contributed by atoms with E-state index >= 15 is 0 Å². The van der Waals surface area contributed by atoms with Crippen LogP contribution in [0, 0.1) is 6.92 Å². The van der Waals surface area contributed by atoms with E-state index in [1.165, 1.54) is 0 Å². The van der Waals surface area contributed by atoms with Gasteiger partial charge in [0.2, 0.25) is 0 Å². The van der Waals surface area contributed by atoms with Crippen molar-refractivity contribution in [1.82, 2.24) is 4.98 Å². The van der Waals surface area contributed by atoms with Gasteiger partial charge in [-0.05, 0) is 46.6 Å². The Balaban J connectivity index is 2.81. The summed E-state index contributed by atoms with van der Waals surface area (Å²) in [6, 6.07) is 6.20. The molecule has 0 fully saturated rings. The lowest BCUT2D eigenvalue weighted by Gasteiger charge is -2.08. The zero-order chi connectivity index (χ0) is 11.0. The maximum atomic E-state index is 4.56. The number of hydrogen-bond donors (Lipinski definition) is 1. The molecule has 0 bridgehead atoms. The van der Waals surface area contributed by atoms with Gasteiger partial charge in [-0.3, -0.25) is 0 Å². The number of rotatable bonds is 1. The second-order valence-corrected chi connectivity index (χ2v) is 5.13. The molecule has 4 heteroatoms. The number of fused-ring (bicyclic) bond motifs is 1. The monoisotopic (exact) mass is 328 g/mol. The lowest BCUT2D eigenvalue weighted by Crippen LogP contribution is -1.96. The molecule has 0 spiro atoms. The molecule has 0 radical (unpaired) electrons. The molecule has 0 aliphatic heterocycles. The highest BCUT2D eigenvalue weighted by molar-refractivity contribution is 9.11. The molecule has 1 heterocycles. The summed E-state index contributed by atoms with van der Waals surface area (Å²) in [7, 11) is 1.88. The van der Waals surface area contributed by atoms with Crippen LogP contribution < -0.4 is 5.32 Å². The van der Waals surface area contributed by atoms with E-state index in [0.29, 0.717) is 0 Å². The minimum Gasteiger partial charge on any atom is -0.373 e. The number of aromatic nitrogens is 1. The predicted octanol–water partition coefficient (Wildman–Crippen LogP) is 4.11. The zero-order valence-corrected chi connectivity index (χ0v) is 11.6. The summed E-state index contributed by atoms with van der Waals surface area (Å²) in [6.45, 7) is 2.05. The van der Waals surface area contributed by atoms with Crippen molar-refractivity contribution >= 4 is 48.6 Å². The van der Waals surface area contributed by atoms with Crippen molar-refractivity contribution in [2.75, 3.05) is 12.4 Å². The first-order valence-corrected chi connectivity index (χ1v) is 6.14. The number of aryl methyl sites for hydroxylation is 1. The van der Waals surface area contributed by atoms with E-state index < -0.39 is 0 Å². The Morgan fingerprint density at radius 3 is 2.60 bits per heavy atom. The third-order valence-corrected chi connectivity index (χ3v) is 3.33. The second-order valence-electron chi connectivity index (χ2n) is 3.36. The fourth-order valence-corrected chi connectivity index (χ4v) is 2.92. The highest BCUT2D eigenvalue weighted by atomic mass is 79.9. The number of halogens is 2. The molecule has 0 aliphatic carbocycles. The molecular weight excluding hydrogens is 320 g/mol. The Kier molecular flexibility index (Phi) is 2.98. The number of anilines is 1. The quantitative estimate of drug-likeness (QED) is 0.851. The molecule has 1 aromatic carbocycles. The fraction of sp³-hybridized carbons (Fsp3) is 0.182. The Morgan fingerprint density at radius 1 is 1.20 bits per heavy atom. The number of nitrogens with zero attached hydrogens (tertiary/aromatic N) is 1. The van der Waals surface area contributed by atoms with Gasteiger partial charge in [-0.25, -0.2) is 4.98 Å². The fourth-order valence-electron chi connectivity index (χ4n) is 1.57. The van der Waals surface area contributed by atoms with Gasteiger partial charge >= 0.3 is 0 Å². The van der Waals surface area contributed by atoms with Crippen molar-refractivity contribution < 1.29 is 0 Å². The smallest absolute Gasteiger partial charge is 0.129 e. The predicted molar refractivity (Wildman–Crippen MR) is 71.4 cm³/mol. The molecule has 0 aliphatic rings. The number of nitrogens with one attached hydrogen (secondary N) is 1. The molecular formula is C11H10Br2N2. The Morgan fingerprint density at radius 2 is 1.93 bits per heavy atom. The summed E-state index contributed by atoms with van der Waals surface area (Å²) in [6.07, 6.45) is 0. The first kappa shape index (κ1) is 10.9. The molecule has 0 saturated heterocycles. The molecule has 0 saturated carbocycles. The van der Waals surface area contributed by atoms with Gasteiger partial charge in [-0.1, -0.05) is 15.9 Å². The first-order valence-electron chi connectivity index (χ1n) is 4.56. The summed E-state index contributed by atoms with van der Waals surface area (Å²) >= 11 is 6.99. The van der Waals surface area contributed by atoms with Crippen LogP contribution in [-0.2, 0) is 0 Å². The van der Waals surface area contributed by atoms with Crippen LogP contribution in [0.5, 0.6) is 0 Å². The maximum absolute atomic E-state index is 4.56. The van der Waals surface area contributed by atoms with Crippen LogP contribution in [0.2, 0.25) is 0 Å². The lowest BCUT2D eigenvalue weighted by atomic mass is 10.1. The third kappa shape index (κ3) is 2.01. The lowest BCUT2D eigenvalue weighted by molar-refractivity contribution is 1.28. The van der Waals surface area contributed by atoms with Crippen molar-refractivity contribution in [2.45, 2.75) is 6.92 Å². The summed E-state index contributed by atoms with van der Waals surface area (Å²) < 4.78 is 2.06. The maximum Gasteiger partial charge on any atom is 0.129 e. The van der Waals surface area contributed by atoms with Crippen molar-refractivity contribution in [3.63, 3.8) is 0 Å². The number of pyridine rings is 1. The second kappa shape index (κ2) is 4.10. The van der Waals surface area contributed by atoms with E-state index in [-0.39, 0.29) is 0 Å². The average molecular weight is 330 g/mol. The van der Waals surface area contributed by atoms with E-state index in [1.807, 2.05) is 20.0 Å². The van der Waals surface area contributed by atoms with E-state index in [2.05, 4.69) is 54.3 Å². The largest absolute Gasteiger partial charge is 0.373 e. The normalized spacial score (nSPS) is 10.7. The summed E-state index contributed by atoms with van der Waals surface area (Å²) in [5.41, 5.74) is 2.13. The molecule has 78 valence electrons. The van der Waals surface area contributed by atoms with E-state index in [9.17, 15) is 0 Å². The van der Waals surface area contributed by atoms with Gasteiger partial charge in [0.05, 0.1) is 5.52 Å². The van der Waals surface area contributed by atoms with Gasteiger partial charge in [-0.2, -0.15) is 0 Å². The van der Waals surface area contributed by atoms with Crippen LogP contribution >= 0.6 is 31.9 Å². The van der Waals surface area contributed by atoms with Crippen molar-refractivity contribution in [3.05, 3.63) is 32.7 Å². The van der Waals surface area contributed by atoms with Gasteiger partial charge in [0.25, 0.3) is 0 Å². The van der Waals surface area contributed by atoms with Crippen molar-refractivity contribution in [1.29, 1.82) is 0 Å². The molecule has 2 aromatic rings. The summed E-state index contributed by atoms with van der Waals surface area (Å²) in [4.78, 5) is 4.56. The standard InChI is InChI=1S/C11H10Br2N2/c1-6-3-7-4-8(12)5-9(13)10(7)15-11(6)14-2/h3-5H,1-2H3,(H,14,15). The van der Waals surface area contributed by atoms with Gasteiger partial charge in [0.1, 0.15) is 5.82 Å². The Labute approximate surface area is 105 Å². The van der Waals surface area contributed by atoms with Crippen LogP contribution in [0.3, 0.4) is 0 Å². The van der Waals surface area contributed by atoms with Crippen molar-refractivity contribution in [2.24, 2.45) is 0 Å². The minimum absolute atomic E-state index is 0.922. The molecule has 2 nitrogen and oxygen atoms in total. The van der Waals surface area contributed by atoms with Gasteiger partial charge in [0.15, 0.2) is 0 Å². The molecule has 1 N–H and O–H groups in total. The van der Waals surface area contributed by atoms with Crippen LogP contribution in [0.4, 0.5) is 5.82 Å². The van der Waals surface area contributed by atoms with Gasteiger partial charge < -0.3 is 5.32 Å². The molecule has 0 unspecified atom stereocenters. The molecule has 0 atom stereocenters. The average Bonchev–Trinajstić information content (AvgIpc) is 2.16. The van der Waals surface area contributed by atoms with Crippen LogP contribution in [0.1, 0.15) is 5.56 Å². The topological polar surface area (TPSA) is 24.9 Å². The third-order valence-electron chi connectivity index (χ3n) is 2.26. The Hall–Kier alpha value is -0.610. The highest BCUT2D eigenvalue weighted by Crippen LogP contribution is 2.29. The van der Waals surface area contributed by atoms with E-state index in [4.69, 9.17) is 0 Å². The van der Waals surface area contributed by atoms with E-state index in [1.54, 1.807) is 0 Å². The van der Waals surface area contributed by atoms with Crippen molar-refractivity contribution in [3.8, 4) is 0 Å². The number of benzene rings is 1. The molecule has 0 amide bonds. The molecule has 2 rings (SSSR count). The Bertz CT molecular complexity index is 523. The van der Waals surface area contributed by atoms with Crippen LogP contribution in [0.15, 0.2) is 27.1 Å². The van der Waals surface area contributed by atoms with Crippen LogP contribution in [-0.4, -0.2) is 12.0 Å². The minimum atomic E-state index is 0.922. The SMILES string of the molecule is CNc1nc2c(Br)cc(Br)cc2cc1C. The van der Waals surface area contributed by atoms with E-state index in [0.717, 1.165) is 31.2 Å². The highest BCUT2D eigenvalue weighted by Gasteiger charge is 2.06. The first-order chi connectivity index (χ1) is 7.11. The number of hydrogen-bond acceptors (Lipinski definition) is 2. The summed E-state index contributed by atoms with van der Waals surface area (Å²) in [5, 5.41) is 4.22. The zero-order valence-electron chi connectivity index (χ0n) is 8.44.